The second-order valence-corrected chi connectivity index (χ2v) is 7.09. The Morgan fingerprint density at radius 3 is 2.44 bits per heavy atom. The molecule has 1 aliphatic heterocycles. The molecular formula is C22H20N4O. The van der Waals surface area contributed by atoms with Crippen LogP contribution in [-0.4, -0.2) is 38.8 Å². The summed E-state index contributed by atoms with van der Waals surface area (Å²) in [6, 6.07) is 19.8. The van der Waals surface area contributed by atoms with E-state index in [9.17, 15) is 4.79 Å². The van der Waals surface area contributed by atoms with Crippen LogP contribution in [0.5, 0.6) is 0 Å². The summed E-state index contributed by atoms with van der Waals surface area (Å²) in [5.41, 5.74) is 3.47. The highest BCUT2D eigenvalue weighted by molar-refractivity contribution is 5.95. The lowest BCUT2D eigenvalue weighted by Gasteiger charge is -2.31. The minimum Gasteiger partial charge on any atom is -0.342 e. The molecular weight excluding hydrogens is 336 g/mol. The van der Waals surface area contributed by atoms with E-state index in [1.165, 1.54) is 0 Å². The van der Waals surface area contributed by atoms with Gasteiger partial charge in [0.15, 0.2) is 0 Å². The zero-order valence-electron chi connectivity index (χ0n) is 14.9. The molecule has 0 bridgehead atoms. The lowest BCUT2D eigenvalue weighted by Crippen LogP contribution is -2.38. The number of fused-ring (bicyclic) bond motifs is 2. The molecule has 0 atom stereocenters. The average molecular weight is 356 g/mol. The molecule has 1 fully saturated rings. The fraction of sp³-hybridized carbons (Fsp3) is 0.227. The highest BCUT2D eigenvalue weighted by atomic mass is 16.2. The molecule has 5 nitrogen and oxygen atoms in total. The fourth-order valence-electron chi connectivity index (χ4n) is 3.87. The van der Waals surface area contributed by atoms with E-state index in [4.69, 9.17) is 4.98 Å². The molecule has 1 amide bonds. The summed E-state index contributed by atoms with van der Waals surface area (Å²) in [5.74, 6) is 1.42. The lowest BCUT2D eigenvalue weighted by atomic mass is 9.96. The first-order valence-electron chi connectivity index (χ1n) is 9.38. The number of para-hydroxylation sites is 3. The number of aromatic nitrogens is 3. The number of carbonyl (C=O) groups excluding carboxylic acids is 1. The molecule has 1 aliphatic rings. The molecule has 1 N–H and O–H groups in total. The number of rotatable bonds is 2. The van der Waals surface area contributed by atoms with E-state index < -0.39 is 0 Å². The minimum atomic E-state index is 0.0174. The van der Waals surface area contributed by atoms with E-state index in [-0.39, 0.29) is 5.91 Å². The van der Waals surface area contributed by atoms with Crippen molar-refractivity contribution < 1.29 is 4.79 Å². The zero-order chi connectivity index (χ0) is 18.2. The van der Waals surface area contributed by atoms with Crippen molar-refractivity contribution in [3.05, 3.63) is 72.2 Å². The van der Waals surface area contributed by atoms with Crippen LogP contribution in [0.2, 0.25) is 0 Å². The van der Waals surface area contributed by atoms with Gasteiger partial charge in [0.25, 0.3) is 5.91 Å². The van der Waals surface area contributed by atoms with E-state index >= 15 is 0 Å². The number of nitrogens with one attached hydrogen (secondary N) is 1. The number of amides is 1. The van der Waals surface area contributed by atoms with Crippen molar-refractivity contribution in [3.63, 3.8) is 0 Å². The van der Waals surface area contributed by atoms with Gasteiger partial charge in [-0.2, -0.15) is 0 Å². The number of hydrogen-bond donors (Lipinski definition) is 1. The monoisotopic (exact) mass is 356 g/mol. The van der Waals surface area contributed by atoms with Gasteiger partial charge in [-0.15, -0.1) is 0 Å². The van der Waals surface area contributed by atoms with Crippen molar-refractivity contribution >= 4 is 27.8 Å². The van der Waals surface area contributed by atoms with Crippen LogP contribution in [0.1, 0.15) is 35.1 Å². The van der Waals surface area contributed by atoms with Crippen LogP contribution in [-0.2, 0) is 0 Å². The molecule has 27 heavy (non-hydrogen) atoms. The Morgan fingerprint density at radius 2 is 1.63 bits per heavy atom. The van der Waals surface area contributed by atoms with Gasteiger partial charge in [0.2, 0.25) is 0 Å². The minimum absolute atomic E-state index is 0.0174. The SMILES string of the molecule is O=C(c1ccc2ccccc2n1)N1CCC(c2nc3ccccc3[nH]2)CC1. The van der Waals surface area contributed by atoms with Crippen molar-refractivity contribution in [2.45, 2.75) is 18.8 Å². The molecule has 0 spiro atoms. The maximum absolute atomic E-state index is 12.9. The Morgan fingerprint density at radius 1 is 0.889 bits per heavy atom. The van der Waals surface area contributed by atoms with Gasteiger partial charge in [0.05, 0.1) is 16.6 Å². The number of pyridine rings is 1. The highest BCUT2D eigenvalue weighted by Gasteiger charge is 2.27. The van der Waals surface area contributed by atoms with E-state index in [1.54, 1.807) is 0 Å². The molecule has 0 saturated carbocycles. The van der Waals surface area contributed by atoms with Gasteiger partial charge in [0, 0.05) is 24.4 Å². The zero-order valence-corrected chi connectivity index (χ0v) is 14.9. The van der Waals surface area contributed by atoms with Crippen LogP contribution < -0.4 is 0 Å². The summed E-state index contributed by atoms with van der Waals surface area (Å²) in [5, 5.41) is 1.05. The lowest BCUT2D eigenvalue weighted by molar-refractivity contribution is 0.0706. The smallest absolute Gasteiger partial charge is 0.272 e. The van der Waals surface area contributed by atoms with E-state index in [0.29, 0.717) is 11.6 Å². The number of likely N-dealkylation sites (tertiary alicyclic amines) is 1. The third kappa shape index (κ3) is 2.95. The number of imidazole rings is 1. The molecule has 5 rings (SSSR count). The maximum Gasteiger partial charge on any atom is 0.272 e. The molecule has 134 valence electrons. The van der Waals surface area contributed by atoms with E-state index in [1.807, 2.05) is 59.5 Å². The van der Waals surface area contributed by atoms with Gasteiger partial charge in [-0.05, 0) is 37.1 Å². The number of carbonyl (C=O) groups is 1. The average Bonchev–Trinajstić information content (AvgIpc) is 3.17. The summed E-state index contributed by atoms with van der Waals surface area (Å²) < 4.78 is 0. The largest absolute Gasteiger partial charge is 0.342 e. The molecule has 0 aliphatic carbocycles. The number of nitrogens with zero attached hydrogens (tertiary/aromatic N) is 3. The predicted molar refractivity (Wildman–Crippen MR) is 106 cm³/mol. The summed E-state index contributed by atoms with van der Waals surface area (Å²) >= 11 is 0. The number of hydrogen-bond acceptors (Lipinski definition) is 3. The Labute approximate surface area is 157 Å². The molecule has 4 aromatic rings. The van der Waals surface area contributed by atoms with E-state index in [0.717, 1.165) is 53.7 Å². The van der Waals surface area contributed by atoms with Crippen LogP contribution in [0.3, 0.4) is 0 Å². The van der Waals surface area contributed by atoms with Gasteiger partial charge in [0.1, 0.15) is 11.5 Å². The van der Waals surface area contributed by atoms with E-state index in [2.05, 4.69) is 16.0 Å². The quantitative estimate of drug-likeness (QED) is 0.587. The molecule has 2 aromatic heterocycles. The molecule has 1 saturated heterocycles. The number of benzene rings is 2. The molecule has 3 heterocycles. The standard InChI is InChI=1S/C22H20N4O/c27-22(20-10-9-15-5-1-2-6-17(15)23-20)26-13-11-16(12-14-26)21-24-18-7-3-4-8-19(18)25-21/h1-10,16H,11-14H2,(H,24,25). The topological polar surface area (TPSA) is 61.9 Å². The Balaban J connectivity index is 1.31. The second-order valence-electron chi connectivity index (χ2n) is 7.09. The summed E-state index contributed by atoms with van der Waals surface area (Å²) in [6.07, 6.45) is 1.83. The first-order chi connectivity index (χ1) is 13.3. The first kappa shape index (κ1) is 16.0. The van der Waals surface area contributed by atoms with Gasteiger partial charge in [-0.1, -0.05) is 36.4 Å². The molecule has 0 radical (unpaired) electrons. The number of aromatic amines is 1. The highest BCUT2D eigenvalue weighted by Crippen LogP contribution is 2.28. The van der Waals surface area contributed by atoms with Crippen molar-refractivity contribution in [2.75, 3.05) is 13.1 Å². The maximum atomic E-state index is 12.9. The van der Waals surface area contributed by atoms with Gasteiger partial charge >= 0.3 is 0 Å². The van der Waals surface area contributed by atoms with Crippen LogP contribution in [0.25, 0.3) is 21.9 Å². The summed E-state index contributed by atoms with van der Waals surface area (Å²) in [4.78, 5) is 27.5. The van der Waals surface area contributed by atoms with Gasteiger partial charge < -0.3 is 9.88 Å². The fourth-order valence-corrected chi connectivity index (χ4v) is 3.87. The second kappa shape index (κ2) is 6.50. The molecule has 5 heteroatoms. The van der Waals surface area contributed by atoms with Gasteiger partial charge in [-0.3, -0.25) is 4.79 Å². The van der Waals surface area contributed by atoms with Crippen molar-refractivity contribution in [3.8, 4) is 0 Å². The summed E-state index contributed by atoms with van der Waals surface area (Å²) in [7, 11) is 0. The van der Waals surface area contributed by atoms with Crippen LogP contribution in [0, 0.1) is 0 Å². The third-order valence-corrected chi connectivity index (χ3v) is 5.39. The van der Waals surface area contributed by atoms with Crippen LogP contribution in [0.4, 0.5) is 0 Å². The molecule has 0 unspecified atom stereocenters. The number of H-pyrrole nitrogens is 1. The predicted octanol–water partition coefficient (Wildman–Crippen LogP) is 4.13. The molecule has 2 aromatic carbocycles. The van der Waals surface area contributed by atoms with Crippen molar-refractivity contribution in [1.82, 2.24) is 19.9 Å². The van der Waals surface area contributed by atoms with Crippen molar-refractivity contribution in [2.24, 2.45) is 0 Å². The Kier molecular flexibility index (Phi) is 3.85. The Hall–Kier alpha value is -3.21. The van der Waals surface area contributed by atoms with Crippen LogP contribution >= 0.6 is 0 Å². The third-order valence-electron chi connectivity index (χ3n) is 5.39. The van der Waals surface area contributed by atoms with Crippen LogP contribution in [0.15, 0.2) is 60.7 Å². The first-order valence-corrected chi connectivity index (χ1v) is 9.38. The normalized spacial score (nSPS) is 15.5. The van der Waals surface area contributed by atoms with Gasteiger partial charge in [-0.25, -0.2) is 9.97 Å². The Bertz CT molecular complexity index is 1090. The number of piperidine rings is 1. The van der Waals surface area contributed by atoms with Crippen molar-refractivity contribution in [1.29, 1.82) is 0 Å². The summed E-state index contributed by atoms with van der Waals surface area (Å²) in [6.45, 7) is 1.46.